The van der Waals surface area contributed by atoms with Crippen LogP contribution >= 0.6 is 0 Å². The van der Waals surface area contributed by atoms with Crippen molar-refractivity contribution >= 4 is 6.29 Å². The molecule has 1 rings (SSSR count). The number of hydrogen-bond donors (Lipinski definition) is 0. The predicted octanol–water partition coefficient (Wildman–Crippen LogP) is 1.79. The van der Waals surface area contributed by atoms with Gasteiger partial charge in [-0.15, -0.1) is 0 Å². The van der Waals surface area contributed by atoms with E-state index in [9.17, 15) is 4.79 Å². The van der Waals surface area contributed by atoms with Crippen molar-refractivity contribution in [2.24, 2.45) is 11.3 Å². The largest absolute Gasteiger partial charge is 0.299 e. The van der Waals surface area contributed by atoms with Crippen molar-refractivity contribution in [2.45, 2.75) is 20.3 Å². The number of carbonyl (C=O) groups excluding carboxylic acids is 1. The second-order valence-electron chi connectivity index (χ2n) is 3.32. The molecule has 0 aromatic carbocycles. The molecule has 0 spiro atoms. The van der Waals surface area contributed by atoms with Gasteiger partial charge in [-0.2, -0.15) is 0 Å². The van der Waals surface area contributed by atoms with Crippen molar-refractivity contribution in [1.29, 1.82) is 0 Å². The number of allylic oxidation sites excluding steroid dienone is 2. The second-order valence-corrected chi connectivity index (χ2v) is 3.32. The lowest BCUT2D eigenvalue weighted by atomic mass is 10.1. The van der Waals surface area contributed by atoms with Gasteiger partial charge in [0, 0.05) is 0 Å². The van der Waals surface area contributed by atoms with E-state index in [0.717, 1.165) is 6.29 Å². The van der Waals surface area contributed by atoms with Crippen LogP contribution in [0.25, 0.3) is 0 Å². The van der Waals surface area contributed by atoms with Gasteiger partial charge in [0.15, 0.2) is 0 Å². The van der Waals surface area contributed by atoms with Crippen molar-refractivity contribution in [3.63, 3.8) is 0 Å². The first-order valence-corrected chi connectivity index (χ1v) is 3.29. The summed E-state index contributed by atoms with van der Waals surface area (Å²) < 4.78 is 0. The van der Waals surface area contributed by atoms with Crippen LogP contribution in [0.15, 0.2) is 12.2 Å². The van der Waals surface area contributed by atoms with Crippen LogP contribution in [-0.4, -0.2) is 6.29 Å². The third-order valence-electron chi connectivity index (χ3n) is 2.01. The van der Waals surface area contributed by atoms with E-state index in [0.29, 0.717) is 11.3 Å². The molecule has 0 radical (unpaired) electrons. The lowest BCUT2D eigenvalue weighted by Crippen LogP contribution is -1.85. The zero-order valence-electron chi connectivity index (χ0n) is 5.92. The molecule has 1 heteroatoms. The summed E-state index contributed by atoms with van der Waals surface area (Å²) in [6, 6.07) is 0. The third-order valence-corrected chi connectivity index (χ3v) is 2.01. The number of carbonyl (C=O) groups is 1. The van der Waals surface area contributed by atoms with Gasteiger partial charge in [-0.1, -0.05) is 19.9 Å². The first kappa shape index (κ1) is 6.53. The third kappa shape index (κ3) is 1.41. The van der Waals surface area contributed by atoms with Crippen molar-refractivity contribution in [3.05, 3.63) is 12.2 Å². The van der Waals surface area contributed by atoms with E-state index in [1.165, 1.54) is 6.42 Å². The van der Waals surface area contributed by atoms with Crippen LogP contribution in [0.5, 0.6) is 0 Å². The van der Waals surface area contributed by atoms with E-state index in [1.54, 1.807) is 6.08 Å². The van der Waals surface area contributed by atoms with Crippen molar-refractivity contribution in [1.82, 2.24) is 0 Å². The molecule has 1 aliphatic carbocycles. The van der Waals surface area contributed by atoms with E-state index in [-0.39, 0.29) is 0 Å². The first-order valence-electron chi connectivity index (χ1n) is 3.29. The Labute approximate surface area is 55.8 Å². The highest BCUT2D eigenvalue weighted by Crippen LogP contribution is 2.52. The lowest BCUT2D eigenvalue weighted by Gasteiger charge is -1.93. The van der Waals surface area contributed by atoms with Crippen LogP contribution in [0.3, 0.4) is 0 Å². The zero-order valence-corrected chi connectivity index (χ0v) is 5.92. The summed E-state index contributed by atoms with van der Waals surface area (Å²) in [5.74, 6) is 0.655. The molecule has 50 valence electrons. The van der Waals surface area contributed by atoms with Crippen LogP contribution in [-0.2, 0) is 4.79 Å². The summed E-state index contributed by atoms with van der Waals surface area (Å²) in [5.41, 5.74) is 0.472. The minimum absolute atomic E-state index is 0.472. The summed E-state index contributed by atoms with van der Waals surface area (Å²) in [6.45, 7) is 4.43. The molecule has 0 aromatic heterocycles. The summed E-state index contributed by atoms with van der Waals surface area (Å²) in [7, 11) is 0. The van der Waals surface area contributed by atoms with Crippen LogP contribution in [0.2, 0.25) is 0 Å². The van der Waals surface area contributed by atoms with Gasteiger partial charge in [-0.05, 0) is 23.8 Å². The van der Waals surface area contributed by atoms with Crippen LogP contribution in [0.1, 0.15) is 20.3 Å². The van der Waals surface area contributed by atoms with Crippen LogP contribution in [0, 0.1) is 11.3 Å². The Morgan fingerprint density at radius 1 is 1.56 bits per heavy atom. The fourth-order valence-corrected chi connectivity index (χ4v) is 1.02. The molecule has 0 saturated heterocycles. The molecule has 1 fully saturated rings. The molecule has 0 N–H and O–H groups in total. The molecular weight excluding hydrogens is 112 g/mol. The normalized spacial score (nSPS) is 30.7. The molecule has 1 atom stereocenters. The van der Waals surface area contributed by atoms with Crippen LogP contribution < -0.4 is 0 Å². The highest BCUT2D eigenvalue weighted by molar-refractivity contribution is 5.64. The van der Waals surface area contributed by atoms with E-state index in [1.807, 2.05) is 6.08 Å². The Bertz CT molecular complexity index is 145. The number of rotatable bonds is 2. The maximum absolute atomic E-state index is 9.86. The highest BCUT2D eigenvalue weighted by Gasteiger charge is 2.43. The fraction of sp³-hybridized carbons (Fsp3) is 0.625. The highest BCUT2D eigenvalue weighted by atomic mass is 16.1. The maximum Gasteiger partial charge on any atom is 0.142 e. The van der Waals surface area contributed by atoms with Crippen molar-refractivity contribution < 1.29 is 4.79 Å². The first-order chi connectivity index (χ1) is 4.17. The standard InChI is InChI=1S/C8H12O/c1-8(2)6-7(8)4-3-5-9/h3-5,7H,6H2,1-2H3. The molecule has 0 amide bonds. The lowest BCUT2D eigenvalue weighted by molar-refractivity contribution is -0.104. The van der Waals surface area contributed by atoms with Gasteiger partial charge in [-0.3, -0.25) is 4.79 Å². The molecule has 1 nitrogen and oxygen atoms in total. The predicted molar refractivity (Wildman–Crippen MR) is 37.1 cm³/mol. The van der Waals surface area contributed by atoms with E-state index in [4.69, 9.17) is 0 Å². The van der Waals surface area contributed by atoms with Gasteiger partial charge >= 0.3 is 0 Å². The Hall–Kier alpha value is -0.590. The summed E-state index contributed by atoms with van der Waals surface area (Å²) in [5, 5.41) is 0. The van der Waals surface area contributed by atoms with Gasteiger partial charge in [0.05, 0.1) is 0 Å². The van der Waals surface area contributed by atoms with Crippen LogP contribution in [0.4, 0.5) is 0 Å². The summed E-state index contributed by atoms with van der Waals surface area (Å²) in [6.07, 6.45) is 5.66. The van der Waals surface area contributed by atoms with Gasteiger partial charge in [0.1, 0.15) is 6.29 Å². The van der Waals surface area contributed by atoms with Gasteiger partial charge < -0.3 is 0 Å². The maximum atomic E-state index is 9.86. The Morgan fingerprint density at radius 2 is 2.11 bits per heavy atom. The minimum atomic E-state index is 0.472. The summed E-state index contributed by atoms with van der Waals surface area (Å²) in [4.78, 5) is 9.86. The monoisotopic (exact) mass is 124 g/mol. The van der Waals surface area contributed by atoms with Gasteiger partial charge in [0.2, 0.25) is 0 Å². The van der Waals surface area contributed by atoms with Crippen molar-refractivity contribution in [3.8, 4) is 0 Å². The number of hydrogen-bond acceptors (Lipinski definition) is 1. The smallest absolute Gasteiger partial charge is 0.142 e. The molecule has 1 aliphatic rings. The average molecular weight is 124 g/mol. The minimum Gasteiger partial charge on any atom is -0.299 e. The van der Waals surface area contributed by atoms with E-state index in [2.05, 4.69) is 13.8 Å². The van der Waals surface area contributed by atoms with Gasteiger partial charge in [-0.25, -0.2) is 0 Å². The SMILES string of the molecule is CC1(C)CC1C=CC=O. The molecule has 0 aromatic rings. The van der Waals surface area contributed by atoms with E-state index < -0.39 is 0 Å². The second kappa shape index (κ2) is 1.98. The molecule has 1 saturated carbocycles. The van der Waals surface area contributed by atoms with Crippen molar-refractivity contribution in [2.75, 3.05) is 0 Å². The number of aldehydes is 1. The van der Waals surface area contributed by atoms with Gasteiger partial charge in [0.25, 0.3) is 0 Å². The summed E-state index contributed by atoms with van der Waals surface area (Å²) >= 11 is 0. The Kier molecular flexibility index (Phi) is 1.43. The Morgan fingerprint density at radius 3 is 2.44 bits per heavy atom. The molecule has 1 unspecified atom stereocenters. The Balaban J connectivity index is 2.35. The topological polar surface area (TPSA) is 17.1 Å². The zero-order chi connectivity index (χ0) is 6.91. The molecule has 0 bridgehead atoms. The molecule has 0 aliphatic heterocycles. The molecule has 9 heavy (non-hydrogen) atoms. The average Bonchev–Trinajstić information content (AvgIpc) is 2.35. The quantitative estimate of drug-likeness (QED) is 0.405. The molecule has 0 heterocycles. The fourth-order valence-electron chi connectivity index (χ4n) is 1.02. The van der Waals surface area contributed by atoms with E-state index >= 15 is 0 Å². The molecular formula is C8H12O.